The van der Waals surface area contributed by atoms with Crippen LogP contribution in [0.25, 0.3) is 0 Å². The third kappa shape index (κ3) is 4.65. The largest absolute Gasteiger partial charge is 0.492 e. The molecule has 0 bridgehead atoms. The van der Waals surface area contributed by atoms with Gasteiger partial charge in [-0.3, -0.25) is 4.79 Å². The first-order chi connectivity index (χ1) is 9.19. The predicted octanol–water partition coefficient (Wildman–Crippen LogP) is 2.58. The summed E-state index contributed by atoms with van der Waals surface area (Å²) in [6, 6.07) is 4.14. The zero-order valence-corrected chi connectivity index (χ0v) is 12.3. The molecule has 6 heteroatoms. The molecule has 2 N–H and O–H groups in total. The lowest BCUT2D eigenvalue weighted by Crippen LogP contribution is -2.18. The van der Waals surface area contributed by atoms with E-state index >= 15 is 0 Å². The topological polar surface area (TPSA) is 50.4 Å². The van der Waals surface area contributed by atoms with Gasteiger partial charge in [-0.1, -0.05) is 0 Å². The van der Waals surface area contributed by atoms with Gasteiger partial charge in [0.1, 0.15) is 11.6 Å². The van der Waals surface area contributed by atoms with E-state index in [0.717, 1.165) is 19.5 Å². The summed E-state index contributed by atoms with van der Waals surface area (Å²) in [4.78, 5) is 11.9. The van der Waals surface area contributed by atoms with Gasteiger partial charge in [0, 0.05) is 12.5 Å². The first kappa shape index (κ1) is 16.7. The first-order valence-corrected chi connectivity index (χ1v) is 6.62. The lowest BCUT2D eigenvalue weighted by molar-refractivity contribution is -0.117. The average Bonchev–Trinajstić information content (AvgIpc) is 2.86. The van der Waals surface area contributed by atoms with Crippen LogP contribution < -0.4 is 15.4 Å². The van der Waals surface area contributed by atoms with Crippen LogP contribution in [0, 0.1) is 11.7 Å². The van der Waals surface area contributed by atoms with E-state index in [-0.39, 0.29) is 24.1 Å². The first-order valence-electron chi connectivity index (χ1n) is 6.62. The third-order valence-corrected chi connectivity index (χ3v) is 3.15. The van der Waals surface area contributed by atoms with Crippen molar-refractivity contribution in [2.45, 2.75) is 19.8 Å². The number of nitrogens with one attached hydrogen (secondary N) is 2. The summed E-state index contributed by atoms with van der Waals surface area (Å²) in [6.45, 7) is 4.10. The van der Waals surface area contributed by atoms with E-state index in [1.807, 2.05) is 6.92 Å². The number of rotatable bonds is 5. The van der Waals surface area contributed by atoms with E-state index < -0.39 is 0 Å². The molecule has 1 aliphatic rings. The number of amides is 1. The number of halogens is 2. The Bertz CT molecular complexity index is 451. The minimum absolute atomic E-state index is 0. The van der Waals surface area contributed by atoms with Crippen molar-refractivity contribution in [1.82, 2.24) is 5.32 Å². The highest BCUT2D eigenvalue weighted by molar-refractivity contribution is 5.92. The minimum atomic E-state index is -0.374. The van der Waals surface area contributed by atoms with Gasteiger partial charge in [-0.2, -0.15) is 0 Å². The molecule has 0 spiro atoms. The molecule has 20 heavy (non-hydrogen) atoms. The fraction of sp³-hybridized carbons (Fsp3) is 0.500. The highest BCUT2D eigenvalue weighted by Gasteiger charge is 2.18. The van der Waals surface area contributed by atoms with Crippen LogP contribution in [0.4, 0.5) is 10.1 Å². The Kier molecular flexibility index (Phi) is 6.75. The number of carbonyl (C=O) groups excluding carboxylic acids is 1. The van der Waals surface area contributed by atoms with E-state index in [9.17, 15) is 9.18 Å². The number of carbonyl (C=O) groups is 1. The molecule has 1 aromatic carbocycles. The smallest absolute Gasteiger partial charge is 0.224 e. The molecule has 1 unspecified atom stereocenters. The van der Waals surface area contributed by atoms with Crippen molar-refractivity contribution in [3.8, 4) is 5.75 Å². The van der Waals surface area contributed by atoms with Crippen LogP contribution >= 0.6 is 12.4 Å². The van der Waals surface area contributed by atoms with Crippen LogP contribution in [0.15, 0.2) is 18.2 Å². The molecular formula is C14H20ClFN2O2. The minimum Gasteiger partial charge on any atom is -0.492 e. The lowest BCUT2D eigenvalue weighted by atomic mass is 10.0. The average molecular weight is 303 g/mol. The molecule has 112 valence electrons. The summed E-state index contributed by atoms with van der Waals surface area (Å²) >= 11 is 0. The summed E-state index contributed by atoms with van der Waals surface area (Å²) in [5.74, 6) is 0.332. The molecule has 1 atom stereocenters. The standard InChI is InChI=1S/C14H19FN2O2.ClH/c1-2-19-13-8-11(15)3-4-12(13)17-14(18)7-10-5-6-16-9-10;/h3-4,8,10,16H,2,5-7,9H2,1H3,(H,17,18);1H. The molecule has 0 saturated carbocycles. The predicted molar refractivity (Wildman–Crippen MR) is 79.0 cm³/mol. The van der Waals surface area contributed by atoms with Gasteiger partial charge < -0.3 is 15.4 Å². The monoisotopic (exact) mass is 302 g/mol. The quantitative estimate of drug-likeness (QED) is 0.879. The number of benzene rings is 1. The summed E-state index contributed by atoms with van der Waals surface area (Å²) in [5, 5.41) is 6.02. The van der Waals surface area contributed by atoms with Crippen LogP contribution in [-0.2, 0) is 4.79 Å². The summed E-state index contributed by atoms with van der Waals surface area (Å²) in [5.41, 5.74) is 0.527. The van der Waals surface area contributed by atoms with Crippen molar-refractivity contribution in [2.75, 3.05) is 25.0 Å². The second-order valence-electron chi connectivity index (χ2n) is 4.68. The molecule has 0 aliphatic carbocycles. The zero-order valence-electron chi connectivity index (χ0n) is 11.4. The molecule has 0 radical (unpaired) electrons. The fourth-order valence-electron chi connectivity index (χ4n) is 2.23. The van der Waals surface area contributed by atoms with Gasteiger partial charge in [0.2, 0.25) is 5.91 Å². The van der Waals surface area contributed by atoms with Crippen molar-refractivity contribution >= 4 is 24.0 Å². The Morgan fingerprint density at radius 3 is 3.00 bits per heavy atom. The molecule has 1 aliphatic heterocycles. The van der Waals surface area contributed by atoms with Crippen LogP contribution in [0.3, 0.4) is 0 Å². The van der Waals surface area contributed by atoms with Crippen LogP contribution in [0.1, 0.15) is 19.8 Å². The highest BCUT2D eigenvalue weighted by Crippen LogP contribution is 2.26. The van der Waals surface area contributed by atoms with E-state index in [1.54, 1.807) is 0 Å². The number of hydrogen-bond acceptors (Lipinski definition) is 3. The maximum Gasteiger partial charge on any atom is 0.224 e. The molecule has 1 aromatic rings. The van der Waals surface area contributed by atoms with E-state index in [2.05, 4.69) is 10.6 Å². The van der Waals surface area contributed by atoms with Gasteiger partial charge in [0.25, 0.3) is 0 Å². The molecule has 1 fully saturated rings. The Labute approximate surface area is 124 Å². The Balaban J connectivity index is 0.00000200. The number of hydrogen-bond donors (Lipinski definition) is 2. The maximum atomic E-state index is 13.1. The molecular weight excluding hydrogens is 283 g/mol. The van der Waals surface area contributed by atoms with Crippen molar-refractivity contribution < 1.29 is 13.9 Å². The second-order valence-corrected chi connectivity index (χ2v) is 4.68. The summed E-state index contributed by atoms with van der Waals surface area (Å²) < 4.78 is 18.5. The lowest BCUT2D eigenvalue weighted by Gasteiger charge is -2.13. The van der Waals surface area contributed by atoms with Gasteiger partial charge in [-0.25, -0.2) is 4.39 Å². The molecule has 0 aromatic heterocycles. The molecule has 2 rings (SSSR count). The third-order valence-electron chi connectivity index (χ3n) is 3.15. The van der Waals surface area contributed by atoms with Crippen molar-refractivity contribution in [3.05, 3.63) is 24.0 Å². The molecule has 1 amide bonds. The Hall–Kier alpha value is -1.33. The molecule has 4 nitrogen and oxygen atoms in total. The Morgan fingerprint density at radius 2 is 2.35 bits per heavy atom. The highest BCUT2D eigenvalue weighted by atomic mass is 35.5. The maximum absolute atomic E-state index is 13.1. The summed E-state index contributed by atoms with van der Waals surface area (Å²) in [6.07, 6.45) is 1.51. The van der Waals surface area contributed by atoms with Crippen molar-refractivity contribution in [2.24, 2.45) is 5.92 Å². The van der Waals surface area contributed by atoms with Crippen molar-refractivity contribution in [1.29, 1.82) is 0 Å². The van der Waals surface area contributed by atoms with Crippen molar-refractivity contribution in [3.63, 3.8) is 0 Å². The summed E-state index contributed by atoms with van der Waals surface area (Å²) in [7, 11) is 0. The Morgan fingerprint density at radius 1 is 1.55 bits per heavy atom. The van der Waals surface area contributed by atoms with E-state index in [0.29, 0.717) is 30.4 Å². The molecule has 1 heterocycles. The van der Waals surface area contributed by atoms with Gasteiger partial charge in [-0.05, 0) is 44.5 Å². The molecule has 1 saturated heterocycles. The normalized spacial score (nSPS) is 17.4. The fourth-order valence-corrected chi connectivity index (χ4v) is 2.23. The number of anilines is 1. The number of ether oxygens (including phenoxy) is 1. The van der Waals surface area contributed by atoms with Gasteiger partial charge in [0.15, 0.2) is 0 Å². The van der Waals surface area contributed by atoms with Gasteiger partial charge in [-0.15, -0.1) is 12.4 Å². The van der Waals surface area contributed by atoms with Gasteiger partial charge in [0.05, 0.1) is 12.3 Å². The second kappa shape index (κ2) is 8.07. The van der Waals surface area contributed by atoms with Crippen LogP contribution in [-0.4, -0.2) is 25.6 Å². The van der Waals surface area contributed by atoms with Crippen LogP contribution in [0.2, 0.25) is 0 Å². The van der Waals surface area contributed by atoms with Gasteiger partial charge >= 0.3 is 0 Å². The SMILES string of the molecule is CCOc1cc(F)ccc1NC(=O)CC1CCNC1.Cl. The zero-order chi connectivity index (χ0) is 13.7. The van der Waals surface area contributed by atoms with Crippen LogP contribution in [0.5, 0.6) is 5.75 Å². The van der Waals surface area contributed by atoms with E-state index in [4.69, 9.17) is 4.74 Å². The van der Waals surface area contributed by atoms with E-state index in [1.165, 1.54) is 18.2 Å².